The molecule has 0 bridgehead atoms. The lowest BCUT2D eigenvalue weighted by atomic mass is 9.98. The molecule has 0 aliphatic heterocycles. The van der Waals surface area contributed by atoms with Gasteiger partial charge in [-0.1, -0.05) is 0 Å². The van der Waals surface area contributed by atoms with Gasteiger partial charge in [0, 0.05) is 16.8 Å². The fourth-order valence-electron chi connectivity index (χ4n) is 2.40. The Labute approximate surface area is 108 Å². The predicted molar refractivity (Wildman–Crippen MR) is 72.9 cm³/mol. The Bertz CT molecular complexity index is 822. The van der Waals surface area contributed by atoms with Gasteiger partial charge in [0.15, 0.2) is 11.5 Å². The minimum absolute atomic E-state index is 0.117. The molecule has 0 saturated carbocycles. The molecular formula is C15H12O4. The summed E-state index contributed by atoms with van der Waals surface area (Å²) in [7, 11) is 0. The average Bonchev–Trinajstić information content (AvgIpc) is 2.34. The van der Waals surface area contributed by atoms with E-state index in [9.17, 15) is 20.4 Å². The van der Waals surface area contributed by atoms with Gasteiger partial charge < -0.3 is 20.4 Å². The van der Waals surface area contributed by atoms with Gasteiger partial charge in [0.2, 0.25) is 0 Å². The van der Waals surface area contributed by atoms with E-state index in [1.807, 2.05) is 6.92 Å². The zero-order valence-electron chi connectivity index (χ0n) is 10.2. The van der Waals surface area contributed by atoms with Gasteiger partial charge in [-0.2, -0.15) is 0 Å². The zero-order chi connectivity index (χ0) is 13.7. The number of aromatic hydroxyl groups is 4. The van der Waals surface area contributed by atoms with Gasteiger partial charge in [0.25, 0.3) is 0 Å². The van der Waals surface area contributed by atoms with Crippen molar-refractivity contribution in [2.24, 2.45) is 0 Å². The van der Waals surface area contributed by atoms with Gasteiger partial charge in [-0.05, 0) is 47.5 Å². The fraction of sp³-hybridized carbons (Fsp3) is 0.0667. The molecule has 0 aliphatic carbocycles. The zero-order valence-corrected chi connectivity index (χ0v) is 10.2. The van der Waals surface area contributed by atoms with Crippen LogP contribution in [-0.2, 0) is 0 Å². The van der Waals surface area contributed by atoms with E-state index in [0.29, 0.717) is 10.8 Å². The first-order valence-electron chi connectivity index (χ1n) is 5.78. The topological polar surface area (TPSA) is 80.9 Å². The van der Waals surface area contributed by atoms with Crippen LogP contribution < -0.4 is 0 Å². The highest BCUT2D eigenvalue weighted by Crippen LogP contribution is 2.42. The third-order valence-electron chi connectivity index (χ3n) is 3.33. The number of hydrogen-bond donors (Lipinski definition) is 4. The van der Waals surface area contributed by atoms with Gasteiger partial charge in [-0.25, -0.2) is 0 Å². The summed E-state index contributed by atoms with van der Waals surface area (Å²) in [6, 6.07) is 7.66. The van der Waals surface area contributed by atoms with Crippen molar-refractivity contribution in [1.29, 1.82) is 0 Å². The van der Waals surface area contributed by atoms with Crippen LogP contribution in [0.25, 0.3) is 21.5 Å². The molecule has 4 heteroatoms. The lowest BCUT2D eigenvalue weighted by molar-refractivity contribution is 0.402. The molecule has 3 aromatic rings. The molecule has 0 fully saturated rings. The van der Waals surface area contributed by atoms with Crippen LogP contribution in [0.2, 0.25) is 0 Å². The van der Waals surface area contributed by atoms with Crippen LogP contribution >= 0.6 is 0 Å². The summed E-state index contributed by atoms with van der Waals surface area (Å²) in [4.78, 5) is 0. The summed E-state index contributed by atoms with van der Waals surface area (Å²) < 4.78 is 0. The number of hydrogen-bond acceptors (Lipinski definition) is 4. The van der Waals surface area contributed by atoms with E-state index in [1.165, 1.54) is 0 Å². The van der Waals surface area contributed by atoms with E-state index >= 15 is 0 Å². The van der Waals surface area contributed by atoms with Crippen molar-refractivity contribution >= 4 is 21.5 Å². The van der Waals surface area contributed by atoms with Crippen molar-refractivity contribution in [3.05, 3.63) is 35.9 Å². The summed E-state index contributed by atoms with van der Waals surface area (Å²) in [5, 5.41) is 41.2. The Balaban J connectivity index is 2.56. The van der Waals surface area contributed by atoms with Crippen LogP contribution in [0, 0.1) is 6.92 Å². The number of phenols is 4. The van der Waals surface area contributed by atoms with Gasteiger partial charge >= 0.3 is 0 Å². The van der Waals surface area contributed by atoms with Crippen LogP contribution in [-0.4, -0.2) is 20.4 Å². The lowest BCUT2D eigenvalue weighted by Gasteiger charge is -2.10. The molecule has 0 spiro atoms. The number of rotatable bonds is 0. The molecule has 0 atom stereocenters. The van der Waals surface area contributed by atoms with E-state index in [4.69, 9.17) is 0 Å². The van der Waals surface area contributed by atoms with E-state index in [-0.39, 0.29) is 23.0 Å². The molecular weight excluding hydrogens is 244 g/mol. The smallest absolute Gasteiger partial charge is 0.165 e. The molecule has 0 aliphatic rings. The molecule has 0 saturated heterocycles. The summed E-state index contributed by atoms with van der Waals surface area (Å²) in [6.07, 6.45) is 0. The second kappa shape index (κ2) is 3.68. The number of aryl methyl sites for hydroxylation is 1. The molecule has 3 aromatic carbocycles. The number of phenolic OH excluding ortho intramolecular Hbond substituents is 4. The van der Waals surface area contributed by atoms with Crippen molar-refractivity contribution in [2.45, 2.75) is 6.92 Å². The summed E-state index contributed by atoms with van der Waals surface area (Å²) in [5.74, 6) is -0.594. The molecule has 0 unspecified atom stereocenters. The monoisotopic (exact) mass is 256 g/mol. The first-order valence-corrected chi connectivity index (χ1v) is 5.78. The standard InChI is InChI=1S/C15H12O4/c1-7-2-9(16)3-8-4-11-12(5-10(7)8)15(19)14(18)6-13(11)17/h2-6,16-19H,1H3. The molecule has 19 heavy (non-hydrogen) atoms. The minimum atomic E-state index is -0.360. The second-order valence-electron chi connectivity index (χ2n) is 4.65. The highest BCUT2D eigenvalue weighted by molar-refractivity contribution is 6.05. The van der Waals surface area contributed by atoms with Crippen molar-refractivity contribution in [2.75, 3.05) is 0 Å². The Morgan fingerprint density at radius 2 is 1.42 bits per heavy atom. The Morgan fingerprint density at radius 3 is 2.16 bits per heavy atom. The normalized spacial score (nSPS) is 11.2. The first-order chi connectivity index (χ1) is 8.97. The SMILES string of the molecule is Cc1cc(O)cc2cc3c(O)cc(O)c(O)c3cc12. The largest absolute Gasteiger partial charge is 0.508 e. The minimum Gasteiger partial charge on any atom is -0.508 e. The molecule has 3 rings (SSSR count). The van der Waals surface area contributed by atoms with Crippen LogP contribution in [0.15, 0.2) is 30.3 Å². The molecule has 0 amide bonds. The Hall–Kier alpha value is -2.62. The maximum atomic E-state index is 9.88. The second-order valence-corrected chi connectivity index (χ2v) is 4.65. The fourth-order valence-corrected chi connectivity index (χ4v) is 2.40. The number of fused-ring (bicyclic) bond motifs is 2. The average molecular weight is 256 g/mol. The van der Waals surface area contributed by atoms with Gasteiger partial charge in [0.05, 0.1) is 0 Å². The summed E-state index contributed by atoms with van der Waals surface area (Å²) >= 11 is 0. The van der Waals surface area contributed by atoms with E-state index in [1.54, 1.807) is 24.3 Å². The summed E-state index contributed by atoms with van der Waals surface area (Å²) in [6.45, 7) is 1.84. The Kier molecular flexibility index (Phi) is 2.22. The highest BCUT2D eigenvalue weighted by atomic mass is 16.3. The molecule has 4 nitrogen and oxygen atoms in total. The van der Waals surface area contributed by atoms with Gasteiger partial charge in [-0.3, -0.25) is 0 Å². The van der Waals surface area contributed by atoms with Gasteiger partial charge in [-0.15, -0.1) is 0 Å². The maximum absolute atomic E-state index is 9.88. The molecule has 0 radical (unpaired) electrons. The van der Waals surface area contributed by atoms with Crippen LogP contribution in [0.5, 0.6) is 23.0 Å². The van der Waals surface area contributed by atoms with Gasteiger partial charge in [0.1, 0.15) is 11.5 Å². The third-order valence-corrected chi connectivity index (χ3v) is 3.33. The van der Waals surface area contributed by atoms with E-state index < -0.39 is 0 Å². The quantitative estimate of drug-likeness (QED) is 0.283. The van der Waals surface area contributed by atoms with Crippen LogP contribution in [0.1, 0.15) is 5.56 Å². The third kappa shape index (κ3) is 1.61. The van der Waals surface area contributed by atoms with E-state index in [0.717, 1.165) is 22.4 Å². The van der Waals surface area contributed by atoms with Crippen LogP contribution in [0.4, 0.5) is 0 Å². The Morgan fingerprint density at radius 1 is 0.684 bits per heavy atom. The van der Waals surface area contributed by atoms with Crippen LogP contribution in [0.3, 0.4) is 0 Å². The maximum Gasteiger partial charge on any atom is 0.165 e. The predicted octanol–water partition coefficient (Wildman–Crippen LogP) is 3.12. The van der Waals surface area contributed by atoms with Crippen molar-refractivity contribution in [1.82, 2.24) is 0 Å². The summed E-state index contributed by atoms with van der Waals surface area (Å²) in [5.41, 5.74) is 0.846. The van der Waals surface area contributed by atoms with Crippen molar-refractivity contribution in [3.8, 4) is 23.0 Å². The highest BCUT2D eigenvalue weighted by Gasteiger charge is 2.12. The molecule has 96 valence electrons. The molecule has 0 aromatic heterocycles. The number of benzene rings is 3. The van der Waals surface area contributed by atoms with Crippen molar-refractivity contribution < 1.29 is 20.4 Å². The molecule has 0 heterocycles. The lowest BCUT2D eigenvalue weighted by Crippen LogP contribution is -1.83. The first kappa shape index (κ1) is 11.5. The molecule has 4 N–H and O–H groups in total. The van der Waals surface area contributed by atoms with E-state index in [2.05, 4.69) is 0 Å². The van der Waals surface area contributed by atoms with Crippen molar-refractivity contribution in [3.63, 3.8) is 0 Å².